The highest BCUT2D eigenvalue weighted by atomic mass is 32.2. The number of hydrogen-bond donors (Lipinski definition) is 1. The number of aliphatic hydroxyl groups is 1. The predicted molar refractivity (Wildman–Crippen MR) is 68.5 cm³/mol. The molecule has 5 heteroatoms. The molecule has 1 aromatic rings. The van der Waals surface area contributed by atoms with Gasteiger partial charge in [-0.15, -0.1) is 0 Å². The van der Waals surface area contributed by atoms with Crippen molar-refractivity contribution in [3.05, 3.63) is 24.3 Å². The van der Waals surface area contributed by atoms with Gasteiger partial charge in [-0.1, -0.05) is 32.9 Å². The van der Waals surface area contributed by atoms with Gasteiger partial charge in [0.2, 0.25) is 0 Å². The molecule has 0 bridgehead atoms. The second kappa shape index (κ2) is 4.30. The van der Waals surface area contributed by atoms with E-state index < -0.39 is 37.7 Å². The Bertz CT molecular complexity index is 456. The summed E-state index contributed by atoms with van der Waals surface area (Å²) in [5.41, 5.74) is -0.433. The van der Waals surface area contributed by atoms with Gasteiger partial charge in [-0.2, -0.15) is 0 Å². The van der Waals surface area contributed by atoms with Crippen LogP contribution in [0.15, 0.2) is 34.1 Å². The second-order valence-electron chi connectivity index (χ2n) is 5.22. The standard InChI is InChI=1S/C12H16O3S2/c1-12(2,3)10(13)11-16(14)8-6-4-5-7-9(8)17(11)15/h4-7,10-11,13H,1-3H3/t10-,16+,17+/m0/s1. The monoisotopic (exact) mass is 272 g/mol. The van der Waals surface area contributed by atoms with E-state index in [-0.39, 0.29) is 0 Å². The minimum Gasteiger partial charge on any atom is -0.390 e. The van der Waals surface area contributed by atoms with E-state index in [9.17, 15) is 13.5 Å². The lowest BCUT2D eigenvalue weighted by molar-refractivity contribution is 0.0762. The van der Waals surface area contributed by atoms with E-state index in [1.165, 1.54) is 0 Å². The highest BCUT2D eigenvalue weighted by Crippen LogP contribution is 2.37. The number of hydrogen-bond acceptors (Lipinski definition) is 3. The lowest BCUT2D eigenvalue weighted by Crippen LogP contribution is -2.40. The lowest BCUT2D eigenvalue weighted by atomic mass is 9.90. The Labute approximate surface area is 106 Å². The van der Waals surface area contributed by atoms with E-state index in [4.69, 9.17) is 0 Å². The zero-order chi connectivity index (χ0) is 12.8. The van der Waals surface area contributed by atoms with Gasteiger partial charge in [-0.25, -0.2) is 0 Å². The number of rotatable bonds is 1. The van der Waals surface area contributed by atoms with Crippen LogP contribution in [0.1, 0.15) is 20.8 Å². The summed E-state index contributed by atoms with van der Waals surface area (Å²) in [6.07, 6.45) is -0.850. The molecule has 1 heterocycles. The maximum atomic E-state index is 12.3. The van der Waals surface area contributed by atoms with Crippen LogP contribution in [0.4, 0.5) is 0 Å². The van der Waals surface area contributed by atoms with Crippen molar-refractivity contribution < 1.29 is 13.5 Å². The van der Waals surface area contributed by atoms with Gasteiger partial charge >= 0.3 is 0 Å². The molecule has 0 saturated carbocycles. The fourth-order valence-corrected chi connectivity index (χ4v) is 6.25. The zero-order valence-corrected chi connectivity index (χ0v) is 11.7. The average Bonchev–Trinajstić information content (AvgIpc) is 2.51. The molecule has 0 saturated heterocycles. The van der Waals surface area contributed by atoms with E-state index in [1.807, 2.05) is 20.8 Å². The van der Waals surface area contributed by atoms with Gasteiger partial charge in [-0.3, -0.25) is 8.42 Å². The molecular formula is C12H16O3S2. The van der Waals surface area contributed by atoms with E-state index in [1.54, 1.807) is 24.3 Å². The third kappa shape index (κ3) is 2.11. The first kappa shape index (κ1) is 12.9. The summed E-state index contributed by atoms with van der Waals surface area (Å²) in [7, 11) is -2.78. The average molecular weight is 272 g/mol. The molecule has 94 valence electrons. The first-order chi connectivity index (χ1) is 7.84. The van der Waals surface area contributed by atoms with Gasteiger partial charge in [0.1, 0.15) is 4.58 Å². The SMILES string of the molecule is CC(C)(C)[C@@H](O)C1[S@](=O)c2ccccc2[S@]1=O. The molecular weight excluding hydrogens is 256 g/mol. The van der Waals surface area contributed by atoms with Crippen LogP contribution in [-0.2, 0) is 21.6 Å². The van der Waals surface area contributed by atoms with Crippen LogP contribution >= 0.6 is 0 Å². The number of aliphatic hydroxyl groups excluding tert-OH is 1. The van der Waals surface area contributed by atoms with Crippen molar-refractivity contribution in [3.63, 3.8) is 0 Å². The predicted octanol–water partition coefficient (Wildman–Crippen LogP) is 1.65. The summed E-state index contributed by atoms with van der Waals surface area (Å²) in [6, 6.07) is 7.00. The Morgan fingerprint density at radius 2 is 1.53 bits per heavy atom. The van der Waals surface area contributed by atoms with Crippen LogP contribution in [0.2, 0.25) is 0 Å². The van der Waals surface area contributed by atoms with Crippen molar-refractivity contribution in [2.75, 3.05) is 0 Å². The van der Waals surface area contributed by atoms with Crippen LogP contribution in [0, 0.1) is 5.41 Å². The minimum atomic E-state index is -1.39. The van der Waals surface area contributed by atoms with Crippen molar-refractivity contribution in [1.29, 1.82) is 0 Å². The largest absolute Gasteiger partial charge is 0.390 e. The summed E-state index contributed by atoms with van der Waals surface area (Å²) in [5.74, 6) is 0. The van der Waals surface area contributed by atoms with E-state index >= 15 is 0 Å². The highest BCUT2D eigenvalue weighted by molar-refractivity contribution is 8.05. The highest BCUT2D eigenvalue weighted by Gasteiger charge is 2.45. The van der Waals surface area contributed by atoms with Gasteiger partial charge in [0.25, 0.3) is 0 Å². The summed E-state index contributed by atoms with van der Waals surface area (Å²) >= 11 is 0. The van der Waals surface area contributed by atoms with Gasteiger partial charge < -0.3 is 5.11 Å². The van der Waals surface area contributed by atoms with Crippen LogP contribution in [-0.4, -0.2) is 24.2 Å². The van der Waals surface area contributed by atoms with Crippen LogP contribution < -0.4 is 0 Å². The third-order valence-corrected chi connectivity index (χ3v) is 6.97. The molecule has 1 aliphatic heterocycles. The number of fused-ring (bicyclic) bond motifs is 1. The summed E-state index contributed by atoms with van der Waals surface area (Å²) in [4.78, 5) is 1.19. The maximum Gasteiger partial charge on any atom is 0.145 e. The summed E-state index contributed by atoms with van der Waals surface area (Å²) in [5, 5.41) is 10.2. The van der Waals surface area contributed by atoms with Crippen LogP contribution in [0.3, 0.4) is 0 Å². The smallest absolute Gasteiger partial charge is 0.145 e. The quantitative estimate of drug-likeness (QED) is 0.845. The Kier molecular flexibility index (Phi) is 3.27. The van der Waals surface area contributed by atoms with Crippen LogP contribution in [0.25, 0.3) is 0 Å². The van der Waals surface area contributed by atoms with Gasteiger partial charge in [0.05, 0.1) is 37.5 Å². The molecule has 17 heavy (non-hydrogen) atoms. The zero-order valence-electron chi connectivity index (χ0n) is 10.0. The van der Waals surface area contributed by atoms with Gasteiger partial charge in [0, 0.05) is 0 Å². The van der Waals surface area contributed by atoms with Crippen molar-refractivity contribution in [2.24, 2.45) is 5.41 Å². The molecule has 0 amide bonds. The van der Waals surface area contributed by atoms with Crippen LogP contribution in [0.5, 0.6) is 0 Å². The molecule has 0 aromatic heterocycles. The minimum absolute atomic E-state index is 0.433. The Balaban J connectivity index is 2.44. The van der Waals surface area contributed by atoms with E-state index in [2.05, 4.69) is 0 Å². The molecule has 2 rings (SSSR count). The van der Waals surface area contributed by atoms with E-state index in [0.29, 0.717) is 9.79 Å². The lowest BCUT2D eigenvalue weighted by Gasteiger charge is -2.29. The second-order valence-corrected chi connectivity index (χ2v) is 8.60. The Hall–Kier alpha value is -0.520. The topological polar surface area (TPSA) is 54.4 Å². The summed E-state index contributed by atoms with van der Waals surface area (Å²) in [6.45, 7) is 5.57. The van der Waals surface area contributed by atoms with Crippen molar-refractivity contribution in [2.45, 2.75) is 41.2 Å². The molecule has 1 aromatic carbocycles. The molecule has 3 atom stereocenters. The molecule has 0 spiro atoms. The van der Waals surface area contributed by atoms with Gasteiger partial charge in [0.15, 0.2) is 0 Å². The normalized spacial score (nSPS) is 26.8. The van der Waals surface area contributed by atoms with Crippen molar-refractivity contribution in [1.82, 2.24) is 0 Å². The molecule has 0 fully saturated rings. The first-order valence-electron chi connectivity index (χ1n) is 5.42. The Morgan fingerprint density at radius 3 is 1.88 bits per heavy atom. The number of benzene rings is 1. The molecule has 0 radical (unpaired) electrons. The molecule has 0 unspecified atom stereocenters. The fourth-order valence-electron chi connectivity index (χ4n) is 1.75. The van der Waals surface area contributed by atoms with Gasteiger partial charge in [-0.05, 0) is 17.5 Å². The molecule has 0 aliphatic carbocycles. The first-order valence-corrected chi connectivity index (χ1v) is 7.85. The Morgan fingerprint density at radius 1 is 1.12 bits per heavy atom. The third-order valence-electron chi connectivity index (χ3n) is 2.85. The van der Waals surface area contributed by atoms with E-state index in [0.717, 1.165) is 0 Å². The van der Waals surface area contributed by atoms with Crippen molar-refractivity contribution in [3.8, 4) is 0 Å². The van der Waals surface area contributed by atoms with Crippen molar-refractivity contribution >= 4 is 21.6 Å². The maximum absolute atomic E-state index is 12.3. The fraction of sp³-hybridized carbons (Fsp3) is 0.500. The summed E-state index contributed by atoms with van der Waals surface area (Å²) < 4.78 is 23.8. The molecule has 3 nitrogen and oxygen atoms in total. The molecule has 1 N–H and O–H groups in total. The molecule has 1 aliphatic rings.